The van der Waals surface area contributed by atoms with Gasteiger partial charge in [-0.25, -0.2) is 9.97 Å². The lowest BCUT2D eigenvalue weighted by Gasteiger charge is -2.32. The van der Waals surface area contributed by atoms with Crippen LogP contribution in [0.1, 0.15) is 71.8 Å². The van der Waals surface area contributed by atoms with Gasteiger partial charge in [0.25, 0.3) is 0 Å². The van der Waals surface area contributed by atoms with Gasteiger partial charge in [0.15, 0.2) is 5.13 Å². The number of amides is 1. The molecule has 3 aliphatic rings. The Morgan fingerprint density at radius 2 is 2.00 bits per heavy atom. The summed E-state index contributed by atoms with van der Waals surface area (Å²) in [5.74, 6) is 0.940. The molecule has 2 fully saturated rings. The van der Waals surface area contributed by atoms with Gasteiger partial charge >= 0.3 is 0 Å². The highest BCUT2D eigenvalue weighted by atomic mass is 32.1. The number of anilines is 1. The summed E-state index contributed by atoms with van der Waals surface area (Å²) >= 11 is 3.50. The second-order valence-electron chi connectivity index (χ2n) is 9.78. The fourth-order valence-corrected chi connectivity index (χ4v) is 6.95. The third-order valence-corrected chi connectivity index (χ3v) is 9.31. The van der Waals surface area contributed by atoms with Gasteiger partial charge in [-0.15, -0.1) is 22.7 Å². The Hall–Kier alpha value is -1.51. The van der Waals surface area contributed by atoms with Crippen LogP contribution in [0.4, 0.5) is 5.13 Å². The summed E-state index contributed by atoms with van der Waals surface area (Å²) in [7, 11) is 0. The number of aryl methyl sites for hydroxylation is 1. The molecule has 0 atom stereocenters. The molecule has 5 rings (SSSR count). The number of carbonyl (C=O) groups excluding carboxylic acids is 1. The van der Waals surface area contributed by atoms with E-state index in [1.54, 1.807) is 11.3 Å². The molecule has 2 aromatic heterocycles. The second kappa shape index (κ2) is 10.2. The summed E-state index contributed by atoms with van der Waals surface area (Å²) in [6.45, 7) is 5.34. The van der Waals surface area contributed by atoms with Gasteiger partial charge in [0.05, 0.1) is 17.1 Å². The van der Waals surface area contributed by atoms with Crippen LogP contribution in [0.2, 0.25) is 0 Å². The molecule has 2 aliphatic carbocycles. The van der Waals surface area contributed by atoms with Crippen molar-refractivity contribution in [1.82, 2.24) is 20.2 Å². The number of nitrogens with one attached hydrogen (secondary N) is 2. The molecule has 0 bridgehead atoms. The maximum atomic E-state index is 12.3. The van der Waals surface area contributed by atoms with Crippen LogP contribution in [0.5, 0.6) is 0 Å². The molecule has 1 aliphatic heterocycles. The van der Waals surface area contributed by atoms with Crippen LogP contribution in [0.15, 0.2) is 6.20 Å². The summed E-state index contributed by atoms with van der Waals surface area (Å²) in [6.07, 6.45) is 13.4. The number of aromatic nitrogens is 2. The number of rotatable bonds is 8. The summed E-state index contributed by atoms with van der Waals surface area (Å²) in [6, 6.07) is 1.01. The van der Waals surface area contributed by atoms with E-state index in [1.165, 1.54) is 62.2 Å². The van der Waals surface area contributed by atoms with Gasteiger partial charge in [0.1, 0.15) is 0 Å². The maximum Gasteiger partial charge on any atom is 0.225 e. The molecule has 0 aromatic carbocycles. The third kappa shape index (κ3) is 5.69. The monoisotopic (exact) mass is 473 g/mol. The normalized spacial score (nSPS) is 24.0. The minimum Gasteiger partial charge on any atom is -0.359 e. The van der Waals surface area contributed by atoms with Crippen LogP contribution in [0, 0.1) is 12.8 Å². The Morgan fingerprint density at radius 1 is 1.16 bits per heavy atom. The van der Waals surface area contributed by atoms with Gasteiger partial charge in [-0.3, -0.25) is 9.69 Å². The number of nitrogens with zero attached hydrogens (tertiary/aromatic N) is 3. The number of hydrogen-bond donors (Lipinski definition) is 2. The first-order chi connectivity index (χ1) is 15.6. The van der Waals surface area contributed by atoms with Gasteiger partial charge in [0.2, 0.25) is 5.91 Å². The van der Waals surface area contributed by atoms with Gasteiger partial charge in [0, 0.05) is 41.1 Å². The topological polar surface area (TPSA) is 70.2 Å². The van der Waals surface area contributed by atoms with Crippen molar-refractivity contribution in [2.24, 2.45) is 5.92 Å². The summed E-state index contributed by atoms with van der Waals surface area (Å²) < 4.78 is 0. The fourth-order valence-electron chi connectivity index (χ4n) is 5.12. The number of thiazole rings is 2. The second-order valence-corrected chi connectivity index (χ2v) is 12.2. The van der Waals surface area contributed by atoms with Gasteiger partial charge < -0.3 is 10.6 Å². The van der Waals surface area contributed by atoms with E-state index < -0.39 is 0 Å². The van der Waals surface area contributed by atoms with Crippen molar-refractivity contribution in [1.29, 1.82) is 0 Å². The number of fused-ring (bicyclic) bond motifs is 1. The standard InChI is InChI=1S/C24H35N5OS2/c1-16-25-14-20(31-16)13-23(30)26-19-7-5-17(6-8-19)9-11-29-12-10-22-21(15-29)28-24(32-22)27-18-3-2-4-18/h14,17-19H,2-13,15H2,1H3,(H,26,30)(H,27,28). The predicted molar refractivity (Wildman–Crippen MR) is 131 cm³/mol. The lowest BCUT2D eigenvalue weighted by Crippen LogP contribution is -2.39. The molecule has 2 N–H and O–H groups in total. The maximum absolute atomic E-state index is 12.3. The quantitative estimate of drug-likeness (QED) is 0.589. The van der Waals surface area contributed by atoms with Crippen molar-refractivity contribution >= 4 is 33.7 Å². The summed E-state index contributed by atoms with van der Waals surface area (Å²) in [4.78, 5) is 26.6. The molecule has 0 radical (unpaired) electrons. The number of hydrogen-bond acceptors (Lipinski definition) is 7. The molecule has 8 heteroatoms. The molecule has 32 heavy (non-hydrogen) atoms. The van der Waals surface area contributed by atoms with Crippen LogP contribution in [-0.2, 0) is 24.2 Å². The molecular formula is C24H35N5OS2. The molecule has 6 nitrogen and oxygen atoms in total. The first kappa shape index (κ1) is 22.3. The van der Waals surface area contributed by atoms with Crippen LogP contribution in [0.3, 0.4) is 0 Å². The highest BCUT2D eigenvalue weighted by molar-refractivity contribution is 7.15. The molecule has 3 heterocycles. The molecule has 0 spiro atoms. The zero-order valence-corrected chi connectivity index (χ0v) is 20.7. The Labute approximate surface area is 199 Å². The Bertz CT molecular complexity index is 913. The van der Waals surface area contributed by atoms with E-state index in [2.05, 4.69) is 20.5 Å². The van der Waals surface area contributed by atoms with E-state index in [0.717, 1.165) is 46.7 Å². The van der Waals surface area contributed by atoms with Crippen molar-refractivity contribution < 1.29 is 4.79 Å². The van der Waals surface area contributed by atoms with Crippen LogP contribution in [-0.4, -0.2) is 45.9 Å². The van der Waals surface area contributed by atoms with Crippen LogP contribution >= 0.6 is 22.7 Å². The van der Waals surface area contributed by atoms with Crippen molar-refractivity contribution in [2.75, 3.05) is 18.4 Å². The fraction of sp³-hybridized carbons (Fsp3) is 0.708. The summed E-state index contributed by atoms with van der Waals surface area (Å²) in [5, 5.41) is 9.05. The van der Waals surface area contributed by atoms with Crippen LogP contribution in [0.25, 0.3) is 0 Å². The Morgan fingerprint density at radius 3 is 2.72 bits per heavy atom. The highest BCUT2D eigenvalue weighted by Gasteiger charge is 2.26. The van der Waals surface area contributed by atoms with E-state index in [4.69, 9.17) is 4.98 Å². The molecule has 1 amide bonds. The van der Waals surface area contributed by atoms with E-state index in [9.17, 15) is 4.79 Å². The van der Waals surface area contributed by atoms with E-state index in [0.29, 0.717) is 18.5 Å². The van der Waals surface area contributed by atoms with Crippen molar-refractivity contribution in [2.45, 2.75) is 89.8 Å². The average molecular weight is 474 g/mol. The Kier molecular flexibility index (Phi) is 7.09. The molecular weight excluding hydrogens is 438 g/mol. The molecule has 2 saturated carbocycles. The SMILES string of the molecule is Cc1ncc(CC(=O)NC2CCC(CCN3CCc4sc(NC5CCC5)nc4C3)CC2)s1. The highest BCUT2D eigenvalue weighted by Crippen LogP contribution is 2.32. The first-order valence-corrected chi connectivity index (χ1v) is 13.9. The van der Waals surface area contributed by atoms with E-state index in [-0.39, 0.29) is 5.91 Å². The van der Waals surface area contributed by atoms with E-state index >= 15 is 0 Å². The zero-order valence-electron chi connectivity index (χ0n) is 19.1. The average Bonchev–Trinajstić information content (AvgIpc) is 3.35. The molecule has 174 valence electrons. The largest absolute Gasteiger partial charge is 0.359 e. The Balaban J connectivity index is 1.01. The third-order valence-electron chi connectivity index (χ3n) is 7.31. The first-order valence-electron chi connectivity index (χ1n) is 12.3. The smallest absolute Gasteiger partial charge is 0.225 e. The molecule has 2 aromatic rings. The predicted octanol–water partition coefficient (Wildman–Crippen LogP) is 4.54. The number of carbonyl (C=O) groups is 1. The minimum atomic E-state index is 0.149. The lowest BCUT2D eigenvalue weighted by atomic mass is 9.84. The van der Waals surface area contributed by atoms with E-state index in [1.807, 2.05) is 24.5 Å². The van der Waals surface area contributed by atoms with Gasteiger partial charge in [-0.05, 0) is 77.2 Å². The minimum absolute atomic E-state index is 0.149. The zero-order chi connectivity index (χ0) is 21.9. The van der Waals surface area contributed by atoms with Crippen molar-refractivity contribution in [3.63, 3.8) is 0 Å². The lowest BCUT2D eigenvalue weighted by molar-refractivity contribution is -0.121. The van der Waals surface area contributed by atoms with Crippen molar-refractivity contribution in [3.8, 4) is 0 Å². The summed E-state index contributed by atoms with van der Waals surface area (Å²) in [5.41, 5.74) is 1.31. The van der Waals surface area contributed by atoms with Gasteiger partial charge in [-0.2, -0.15) is 0 Å². The van der Waals surface area contributed by atoms with Gasteiger partial charge in [-0.1, -0.05) is 0 Å². The molecule has 0 saturated heterocycles. The van der Waals surface area contributed by atoms with Crippen LogP contribution < -0.4 is 10.6 Å². The molecule has 0 unspecified atom stereocenters. The van der Waals surface area contributed by atoms with Crippen molar-refractivity contribution in [3.05, 3.63) is 26.7 Å².